The summed E-state index contributed by atoms with van der Waals surface area (Å²) >= 11 is 9.05. The predicted molar refractivity (Wildman–Crippen MR) is 60.9 cm³/mol. The number of hydrogen-bond acceptors (Lipinski definition) is 2. The topological polar surface area (TPSA) is 57.5 Å². The van der Waals surface area contributed by atoms with Gasteiger partial charge in [-0.2, -0.15) is 0 Å². The number of benzene rings is 1. The summed E-state index contributed by atoms with van der Waals surface area (Å²) in [7, 11) is 0. The summed E-state index contributed by atoms with van der Waals surface area (Å²) in [6.45, 7) is 1.45. The molecule has 0 saturated carbocycles. The van der Waals surface area contributed by atoms with E-state index >= 15 is 0 Å². The van der Waals surface area contributed by atoms with Gasteiger partial charge in [-0.15, -0.1) is 0 Å². The van der Waals surface area contributed by atoms with Gasteiger partial charge in [0.05, 0.1) is 17.0 Å². The van der Waals surface area contributed by atoms with Crippen LogP contribution in [0, 0.1) is 5.92 Å². The zero-order chi connectivity index (χ0) is 11.6. The monoisotopic (exact) mass is 292 g/mol. The highest BCUT2D eigenvalue weighted by molar-refractivity contribution is 9.10. The van der Waals surface area contributed by atoms with Crippen molar-refractivity contribution in [3.05, 3.63) is 33.3 Å². The molecule has 1 aromatic rings. The normalized spacial score (nSPS) is 14.7. The van der Waals surface area contributed by atoms with E-state index in [1.54, 1.807) is 18.2 Å². The standard InChI is InChI=1S/C10H10BrClO3/c1-5(10(14)15)9(13)6-2-3-7(11)8(12)4-6/h2-5,9,13H,1H3,(H,14,15). The van der Waals surface area contributed by atoms with E-state index in [1.807, 2.05) is 0 Å². The second-order valence-corrected chi connectivity index (χ2v) is 4.51. The Labute approximate surface area is 101 Å². The number of carbonyl (C=O) groups is 1. The van der Waals surface area contributed by atoms with Crippen LogP contribution >= 0.6 is 27.5 Å². The fraction of sp³-hybridized carbons (Fsp3) is 0.300. The number of aliphatic hydroxyl groups excluding tert-OH is 1. The number of halogens is 2. The number of aliphatic carboxylic acids is 1. The Bertz CT molecular complexity index is 381. The molecule has 0 aliphatic heterocycles. The minimum atomic E-state index is -1.05. The fourth-order valence-electron chi connectivity index (χ4n) is 1.12. The van der Waals surface area contributed by atoms with Gasteiger partial charge in [0.25, 0.3) is 0 Å². The molecule has 0 saturated heterocycles. The minimum Gasteiger partial charge on any atom is -0.481 e. The van der Waals surface area contributed by atoms with Crippen LogP contribution in [0.25, 0.3) is 0 Å². The second-order valence-electron chi connectivity index (χ2n) is 3.25. The first-order valence-corrected chi connectivity index (χ1v) is 5.46. The van der Waals surface area contributed by atoms with Crippen molar-refractivity contribution in [3.63, 3.8) is 0 Å². The summed E-state index contributed by atoms with van der Waals surface area (Å²) in [4.78, 5) is 10.7. The highest BCUT2D eigenvalue weighted by atomic mass is 79.9. The molecular formula is C10H10BrClO3. The van der Waals surface area contributed by atoms with Crippen LogP contribution < -0.4 is 0 Å². The lowest BCUT2D eigenvalue weighted by molar-refractivity contribution is -0.145. The molecule has 82 valence electrons. The maximum Gasteiger partial charge on any atom is 0.309 e. The lowest BCUT2D eigenvalue weighted by Crippen LogP contribution is -2.18. The van der Waals surface area contributed by atoms with Gasteiger partial charge < -0.3 is 10.2 Å². The Hall–Kier alpha value is -0.580. The van der Waals surface area contributed by atoms with Gasteiger partial charge in [0.2, 0.25) is 0 Å². The Balaban J connectivity index is 2.96. The number of carboxylic acid groups (broad SMARTS) is 1. The van der Waals surface area contributed by atoms with Crippen molar-refractivity contribution in [1.29, 1.82) is 0 Å². The van der Waals surface area contributed by atoms with Crippen molar-refractivity contribution >= 4 is 33.5 Å². The van der Waals surface area contributed by atoms with E-state index in [0.717, 1.165) is 0 Å². The summed E-state index contributed by atoms with van der Waals surface area (Å²) in [5, 5.41) is 18.9. The molecule has 0 aromatic heterocycles. The van der Waals surface area contributed by atoms with Crippen LogP contribution in [0.2, 0.25) is 5.02 Å². The van der Waals surface area contributed by atoms with Gasteiger partial charge in [0.15, 0.2) is 0 Å². The van der Waals surface area contributed by atoms with Gasteiger partial charge in [-0.1, -0.05) is 17.7 Å². The second kappa shape index (κ2) is 4.96. The SMILES string of the molecule is CC(C(=O)O)C(O)c1ccc(Br)c(Cl)c1. The summed E-state index contributed by atoms with van der Waals surface area (Å²) < 4.78 is 0.711. The number of hydrogen-bond donors (Lipinski definition) is 2. The first-order valence-electron chi connectivity index (χ1n) is 4.29. The first kappa shape index (κ1) is 12.5. The van der Waals surface area contributed by atoms with Crippen LogP contribution in [0.1, 0.15) is 18.6 Å². The van der Waals surface area contributed by atoms with E-state index in [4.69, 9.17) is 16.7 Å². The molecule has 5 heteroatoms. The zero-order valence-electron chi connectivity index (χ0n) is 7.95. The lowest BCUT2D eigenvalue weighted by atomic mass is 9.98. The van der Waals surface area contributed by atoms with Gasteiger partial charge in [-0.25, -0.2) is 0 Å². The predicted octanol–water partition coefficient (Wildman–Crippen LogP) is 2.86. The molecule has 0 fully saturated rings. The average Bonchev–Trinajstić information content (AvgIpc) is 2.19. The molecule has 0 aliphatic carbocycles. The molecule has 0 amide bonds. The highest BCUT2D eigenvalue weighted by Gasteiger charge is 2.23. The zero-order valence-corrected chi connectivity index (χ0v) is 10.3. The van der Waals surface area contributed by atoms with Crippen molar-refractivity contribution in [2.24, 2.45) is 5.92 Å². The molecule has 0 radical (unpaired) electrons. The van der Waals surface area contributed by atoms with Crippen molar-refractivity contribution in [3.8, 4) is 0 Å². The van der Waals surface area contributed by atoms with Crippen molar-refractivity contribution in [2.75, 3.05) is 0 Å². The van der Waals surface area contributed by atoms with Crippen molar-refractivity contribution in [2.45, 2.75) is 13.0 Å². The molecule has 0 bridgehead atoms. The van der Waals surface area contributed by atoms with Crippen LogP contribution in [0.4, 0.5) is 0 Å². The quantitative estimate of drug-likeness (QED) is 0.901. The Kier molecular flexibility index (Phi) is 4.13. The van der Waals surface area contributed by atoms with Crippen molar-refractivity contribution < 1.29 is 15.0 Å². The molecule has 0 spiro atoms. The van der Waals surface area contributed by atoms with Crippen LogP contribution in [-0.2, 0) is 4.79 Å². The number of rotatable bonds is 3. The Morgan fingerprint density at radius 1 is 1.53 bits per heavy atom. The Morgan fingerprint density at radius 3 is 2.60 bits per heavy atom. The summed E-state index contributed by atoms with van der Waals surface area (Å²) in [5.41, 5.74) is 0.498. The van der Waals surface area contributed by atoms with E-state index in [2.05, 4.69) is 15.9 Å². The van der Waals surface area contributed by atoms with Crippen LogP contribution in [0.5, 0.6) is 0 Å². The number of aliphatic hydroxyl groups is 1. The smallest absolute Gasteiger partial charge is 0.309 e. The molecule has 3 nitrogen and oxygen atoms in total. The molecule has 1 aromatic carbocycles. The minimum absolute atomic E-state index is 0.448. The number of carboxylic acids is 1. The summed E-state index contributed by atoms with van der Waals surface area (Å²) in [5.74, 6) is -1.90. The van der Waals surface area contributed by atoms with E-state index in [0.29, 0.717) is 15.1 Å². The van der Waals surface area contributed by atoms with E-state index < -0.39 is 18.0 Å². The Morgan fingerprint density at radius 2 is 2.13 bits per heavy atom. The molecule has 0 aliphatic rings. The third-order valence-corrected chi connectivity index (χ3v) is 3.38. The van der Waals surface area contributed by atoms with Gasteiger partial charge in [-0.3, -0.25) is 4.79 Å². The molecule has 2 N–H and O–H groups in total. The molecule has 2 unspecified atom stereocenters. The molecule has 2 atom stereocenters. The van der Waals surface area contributed by atoms with Gasteiger partial charge in [-0.05, 0) is 40.5 Å². The van der Waals surface area contributed by atoms with Crippen LogP contribution in [0.15, 0.2) is 22.7 Å². The third-order valence-electron chi connectivity index (χ3n) is 2.15. The molecule has 0 heterocycles. The maximum absolute atomic E-state index is 10.7. The molecule has 15 heavy (non-hydrogen) atoms. The maximum atomic E-state index is 10.7. The van der Waals surface area contributed by atoms with Gasteiger partial charge in [0, 0.05) is 4.47 Å². The van der Waals surface area contributed by atoms with E-state index in [-0.39, 0.29) is 0 Å². The van der Waals surface area contributed by atoms with Crippen LogP contribution in [0.3, 0.4) is 0 Å². The molecular weight excluding hydrogens is 283 g/mol. The van der Waals surface area contributed by atoms with E-state index in [9.17, 15) is 9.90 Å². The van der Waals surface area contributed by atoms with Gasteiger partial charge in [0.1, 0.15) is 0 Å². The largest absolute Gasteiger partial charge is 0.481 e. The van der Waals surface area contributed by atoms with E-state index in [1.165, 1.54) is 6.92 Å². The van der Waals surface area contributed by atoms with Crippen LogP contribution in [-0.4, -0.2) is 16.2 Å². The first-order chi connectivity index (χ1) is 6.93. The average molecular weight is 294 g/mol. The third kappa shape index (κ3) is 2.93. The van der Waals surface area contributed by atoms with Gasteiger partial charge >= 0.3 is 5.97 Å². The fourth-order valence-corrected chi connectivity index (χ4v) is 1.56. The highest BCUT2D eigenvalue weighted by Crippen LogP contribution is 2.29. The molecule has 1 rings (SSSR count). The lowest BCUT2D eigenvalue weighted by Gasteiger charge is -2.15. The van der Waals surface area contributed by atoms with Crippen molar-refractivity contribution in [1.82, 2.24) is 0 Å². The summed E-state index contributed by atoms with van der Waals surface area (Å²) in [6, 6.07) is 4.87. The summed E-state index contributed by atoms with van der Waals surface area (Å²) in [6.07, 6.45) is -1.05.